The Morgan fingerprint density at radius 3 is 2.58 bits per heavy atom. The van der Waals surface area contributed by atoms with Gasteiger partial charge in [0.15, 0.2) is 5.65 Å². The van der Waals surface area contributed by atoms with Gasteiger partial charge in [0, 0.05) is 51.5 Å². The third-order valence-corrected chi connectivity index (χ3v) is 5.92. The highest BCUT2D eigenvalue weighted by atomic mass is 16.2. The number of piperazine rings is 1. The molecule has 33 heavy (non-hydrogen) atoms. The first kappa shape index (κ1) is 21.0. The molecule has 9 heteroatoms. The average Bonchev–Trinajstić information content (AvgIpc) is 3.28. The lowest BCUT2D eigenvalue weighted by molar-refractivity contribution is 0.0785. The van der Waals surface area contributed by atoms with Crippen molar-refractivity contribution in [2.24, 2.45) is 0 Å². The quantitative estimate of drug-likeness (QED) is 0.469. The van der Waals surface area contributed by atoms with E-state index >= 15 is 0 Å². The van der Waals surface area contributed by atoms with Crippen LogP contribution >= 0.6 is 0 Å². The molecule has 4 heterocycles. The van der Waals surface area contributed by atoms with E-state index in [0.717, 1.165) is 37.6 Å². The van der Waals surface area contributed by atoms with Crippen LogP contribution in [0, 0.1) is 0 Å². The van der Waals surface area contributed by atoms with Crippen LogP contribution in [0.5, 0.6) is 0 Å². The number of anilines is 1. The molecule has 1 aliphatic rings. The van der Waals surface area contributed by atoms with E-state index in [9.17, 15) is 4.79 Å². The molecular formula is C24H26N8O. The van der Waals surface area contributed by atoms with Crippen molar-refractivity contribution in [2.75, 3.05) is 45.2 Å². The Morgan fingerprint density at radius 1 is 1.00 bits per heavy atom. The van der Waals surface area contributed by atoms with Crippen molar-refractivity contribution in [3.63, 3.8) is 0 Å². The van der Waals surface area contributed by atoms with Crippen molar-refractivity contribution in [2.45, 2.75) is 6.54 Å². The lowest BCUT2D eigenvalue weighted by atomic mass is 10.1. The van der Waals surface area contributed by atoms with E-state index in [-0.39, 0.29) is 5.91 Å². The number of amides is 1. The maximum atomic E-state index is 13.1. The van der Waals surface area contributed by atoms with Crippen molar-refractivity contribution < 1.29 is 4.79 Å². The molecule has 0 atom stereocenters. The van der Waals surface area contributed by atoms with Crippen LogP contribution in [-0.2, 0) is 6.54 Å². The first-order valence-electron chi connectivity index (χ1n) is 11.0. The Bertz CT molecular complexity index is 1260. The number of pyridine rings is 1. The number of nitrogens with zero attached hydrogens (tertiary/aromatic N) is 8. The van der Waals surface area contributed by atoms with E-state index in [2.05, 4.69) is 32.0 Å². The summed E-state index contributed by atoms with van der Waals surface area (Å²) in [5, 5.41) is 13.3. The van der Waals surface area contributed by atoms with Gasteiger partial charge in [-0.15, -0.1) is 15.3 Å². The summed E-state index contributed by atoms with van der Waals surface area (Å²) in [7, 11) is 3.93. The molecule has 1 fully saturated rings. The van der Waals surface area contributed by atoms with Crippen molar-refractivity contribution in [3.8, 4) is 11.5 Å². The minimum absolute atomic E-state index is 0.0811. The van der Waals surface area contributed by atoms with Gasteiger partial charge in [-0.2, -0.15) is 4.52 Å². The Kier molecular flexibility index (Phi) is 5.70. The molecular weight excluding hydrogens is 416 g/mol. The second kappa shape index (κ2) is 8.95. The van der Waals surface area contributed by atoms with Gasteiger partial charge in [0.1, 0.15) is 11.5 Å². The molecule has 1 amide bonds. The highest BCUT2D eigenvalue weighted by Gasteiger charge is 2.19. The van der Waals surface area contributed by atoms with Crippen LogP contribution < -0.4 is 4.90 Å². The van der Waals surface area contributed by atoms with E-state index in [1.54, 1.807) is 34.8 Å². The first-order chi connectivity index (χ1) is 16.1. The standard InChI is InChI=1S/C24H26N8O/c1-29-12-14-31(15-13-29)22-9-8-21-26-27-23(32(21)28-22)20-16-19(10-11-25-20)24(33)30(2)17-18-6-4-3-5-7-18/h3-11,16H,12-15,17H2,1-2H3. The van der Waals surface area contributed by atoms with Crippen LogP contribution in [0.25, 0.3) is 17.2 Å². The Morgan fingerprint density at radius 2 is 1.79 bits per heavy atom. The van der Waals surface area contributed by atoms with Gasteiger partial charge < -0.3 is 14.7 Å². The average molecular weight is 443 g/mol. The molecule has 1 saturated heterocycles. The van der Waals surface area contributed by atoms with Gasteiger partial charge in [-0.3, -0.25) is 9.78 Å². The lowest BCUT2D eigenvalue weighted by Gasteiger charge is -2.33. The number of benzene rings is 1. The van der Waals surface area contributed by atoms with Gasteiger partial charge in [-0.05, 0) is 36.9 Å². The summed E-state index contributed by atoms with van der Waals surface area (Å²) in [5.74, 6) is 1.32. The molecule has 3 aromatic heterocycles. The minimum atomic E-state index is -0.0811. The van der Waals surface area contributed by atoms with Crippen molar-refractivity contribution in [1.29, 1.82) is 0 Å². The summed E-state index contributed by atoms with van der Waals surface area (Å²) in [6.07, 6.45) is 1.63. The maximum absolute atomic E-state index is 13.1. The van der Waals surface area contributed by atoms with E-state index < -0.39 is 0 Å². The van der Waals surface area contributed by atoms with Crippen molar-refractivity contribution in [1.82, 2.24) is 34.6 Å². The zero-order valence-electron chi connectivity index (χ0n) is 18.8. The lowest BCUT2D eigenvalue weighted by Crippen LogP contribution is -2.44. The van der Waals surface area contributed by atoms with Gasteiger partial charge >= 0.3 is 0 Å². The van der Waals surface area contributed by atoms with Gasteiger partial charge in [0.25, 0.3) is 5.91 Å². The molecule has 0 radical (unpaired) electrons. The Labute approximate surface area is 192 Å². The molecule has 0 saturated carbocycles. The van der Waals surface area contributed by atoms with Gasteiger partial charge in [0.2, 0.25) is 5.82 Å². The fourth-order valence-corrected chi connectivity index (χ4v) is 3.98. The smallest absolute Gasteiger partial charge is 0.254 e. The Hall–Kier alpha value is -3.85. The Balaban J connectivity index is 1.41. The molecule has 1 aromatic carbocycles. The molecule has 168 valence electrons. The van der Waals surface area contributed by atoms with Crippen LogP contribution in [0.2, 0.25) is 0 Å². The third kappa shape index (κ3) is 4.40. The van der Waals surface area contributed by atoms with Crippen LogP contribution in [0.1, 0.15) is 15.9 Å². The van der Waals surface area contributed by atoms with Gasteiger partial charge in [-0.25, -0.2) is 0 Å². The summed E-state index contributed by atoms with van der Waals surface area (Å²) < 4.78 is 1.71. The normalized spacial score (nSPS) is 14.5. The van der Waals surface area contributed by atoms with E-state index in [4.69, 9.17) is 5.10 Å². The second-order valence-electron chi connectivity index (χ2n) is 8.35. The fourth-order valence-electron chi connectivity index (χ4n) is 3.98. The maximum Gasteiger partial charge on any atom is 0.254 e. The SMILES string of the molecule is CN1CCN(c2ccc3nnc(-c4cc(C(=O)N(C)Cc5ccccc5)ccn4)n3n2)CC1. The van der Waals surface area contributed by atoms with Crippen LogP contribution in [0.3, 0.4) is 0 Å². The molecule has 0 unspecified atom stereocenters. The molecule has 5 rings (SSSR count). The highest BCUT2D eigenvalue weighted by Crippen LogP contribution is 2.20. The number of hydrogen-bond acceptors (Lipinski definition) is 7. The molecule has 0 N–H and O–H groups in total. The van der Waals surface area contributed by atoms with Gasteiger partial charge in [0.05, 0.1) is 0 Å². The molecule has 9 nitrogen and oxygen atoms in total. The number of carbonyl (C=O) groups excluding carboxylic acids is 1. The number of hydrogen-bond donors (Lipinski definition) is 0. The number of rotatable bonds is 5. The predicted molar refractivity (Wildman–Crippen MR) is 126 cm³/mol. The second-order valence-corrected chi connectivity index (χ2v) is 8.35. The minimum Gasteiger partial charge on any atom is -0.353 e. The van der Waals surface area contributed by atoms with Crippen LogP contribution in [0.15, 0.2) is 60.8 Å². The predicted octanol–water partition coefficient (Wildman–Crippen LogP) is 2.21. The fraction of sp³-hybridized carbons (Fsp3) is 0.292. The number of carbonyl (C=O) groups is 1. The topological polar surface area (TPSA) is 82.8 Å². The van der Waals surface area contributed by atoms with E-state index in [0.29, 0.717) is 29.3 Å². The molecule has 1 aliphatic heterocycles. The zero-order chi connectivity index (χ0) is 22.8. The molecule has 0 bridgehead atoms. The van der Waals surface area contributed by atoms with Gasteiger partial charge in [-0.1, -0.05) is 30.3 Å². The zero-order valence-corrected chi connectivity index (χ0v) is 18.8. The third-order valence-electron chi connectivity index (χ3n) is 5.92. The number of fused-ring (bicyclic) bond motifs is 1. The molecule has 0 spiro atoms. The van der Waals surface area contributed by atoms with E-state index in [1.807, 2.05) is 42.5 Å². The summed E-state index contributed by atoms with van der Waals surface area (Å²) in [6.45, 7) is 4.36. The number of likely N-dealkylation sites (N-methyl/N-ethyl adjacent to an activating group) is 1. The summed E-state index contributed by atoms with van der Waals surface area (Å²) >= 11 is 0. The monoisotopic (exact) mass is 442 g/mol. The largest absolute Gasteiger partial charge is 0.353 e. The summed E-state index contributed by atoms with van der Waals surface area (Å²) in [5.41, 5.74) is 2.82. The highest BCUT2D eigenvalue weighted by molar-refractivity contribution is 5.94. The molecule has 0 aliphatic carbocycles. The molecule has 4 aromatic rings. The number of aromatic nitrogens is 5. The first-order valence-corrected chi connectivity index (χ1v) is 11.0. The van der Waals surface area contributed by atoms with E-state index in [1.165, 1.54) is 0 Å². The summed E-state index contributed by atoms with van der Waals surface area (Å²) in [6, 6.07) is 17.3. The van der Waals surface area contributed by atoms with Crippen LogP contribution in [0.4, 0.5) is 5.82 Å². The summed E-state index contributed by atoms with van der Waals surface area (Å²) in [4.78, 5) is 23.8. The van der Waals surface area contributed by atoms with Crippen LogP contribution in [-0.4, -0.2) is 80.8 Å². The van der Waals surface area contributed by atoms with Crippen molar-refractivity contribution in [3.05, 3.63) is 71.9 Å². The van der Waals surface area contributed by atoms with Crippen molar-refractivity contribution >= 4 is 17.4 Å².